The summed E-state index contributed by atoms with van der Waals surface area (Å²) in [6, 6.07) is 8.55. The molecule has 1 aromatic rings. The van der Waals surface area contributed by atoms with Crippen molar-refractivity contribution in [2.75, 3.05) is 33.2 Å². The lowest BCUT2D eigenvalue weighted by atomic mass is 10.0. The molecule has 0 saturated carbocycles. The fraction of sp³-hybridized carbons (Fsp3) is 0.556. The van der Waals surface area contributed by atoms with E-state index in [1.165, 1.54) is 11.1 Å². The van der Waals surface area contributed by atoms with Gasteiger partial charge in [0, 0.05) is 32.2 Å². The lowest BCUT2D eigenvalue weighted by molar-refractivity contribution is -0.131. The number of urea groups is 1. The van der Waals surface area contributed by atoms with E-state index in [0.717, 1.165) is 32.4 Å². The summed E-state index contributed by atoms with van der Waals surface area (Å²) in [5.41, 5.74) is 2.50. The maximum Gasteiger partial charge on any atom is 0.318 e. The molecule has 0 bridgehead atoms. The van der Waals surface area contributed by atoms with Crippen LogP contribution in [0.1, 0.15) is 24.0 Å². The van der Waals surface area contributed by atoms with Gasteiger partial charge in [0.1, 0.15) is 0 Å². The zero-order chi connectivity index (χ0) is 16.9. The molecule has 0 radical (unpaired) electrons. The van der Waals surface area contributed by atoms with E-state index >= 15 is 0 Å². The number of nitrogens with one attached hydrogen (secondary N) is 2. The Kier molecular flexibility index (Phi) is 5.35. The molecule has 2 aliphatic heterocycles. The van der Waals surface area contributed by atoms with Crippen LogP contribution >= 0.6 is 0 Å². The third-order valence-electron chi connectivity index (χ3n) is 5.06. The molecule has 6 nitrogen and oxygen atoms in total. The van der Waals surface area contributed by atoms with Gasteiger partial charge in [-0.15, -0.1) is 0 Å². The number of hydrogen-bond donors (Lipinski definition) is 2. The minimum Gasteiger partial charge on any atom is -0.341 e. The second-order valence-corrected chi connectivity index (χ2v) is 6.54. The third kappa shape index (κ3) is 3.87. The van der Waals surface area contributed by atoms with Gasteiger partial charge in [-0.1, -0.05) is 24.3 Å². The molecule has 0 aliphatic carbocycles. The number of likely N-dealkylation sites (tertiary alicyclic amines) is 1. The van der Waals surface area contributed by atoms with E-state index in [9.17, 15) is 9.59 Å². The van der Waals surface area contributed by atoms with Crippen LogP contribution in [0.5, 0.6) is 0 Å². The number of nitrogens with zero attached hydrogens (tertiary/aromatic N) is 2. The Balaban J connectivity index is 1.45. The summed E-state index contributed by atoms with van der Waals surface area (Å²) in [4.78, 5) is 28.2. The maximum absolute atomic E-state index is 12.3. The van der Waals surface area contributed by atoms with Crippen molar-refractivity contribution >= 4 is 11.9 Å². The smallest absolute Gasteiger partial charge is 0.318 e. The van der Waals surface area contributed by atoms with Crippen molar-refractivity contribution in [1.82, 2.24) is 20.4 Å². The molecule has 1 aromatic carbocycles. The van der Waals surface area contributed by atoms with E-state index in [-0.39, 0.29) is 18.5 Å². The Labute approximate surface area is 143 Å². The number of hydrogen-bond acceptors (Lipinski definition) is 3. The van der Waals surface area contributed by atoms with Crippen molar-refractivity contribution in [3.8, 4) is 0 Å². The van der Waals surface area contributed by atoms with Crippen molar-refractivity contribution in [2.45, 2.75) is 31.8 Å². The van der Waals surface area contributed by atoms with Crippen molar-refractivity contribution in [1.29, 1.82) is 0 Å². The lowest BCUT2D eigenvalue weighted by Crippen LogP contribution is -2.49. The van der Waals surface area contributed by atoms with Crippen LogP contribution < -0.4 is 10.6 Å². The molecular formula is C18H26N4O2. The topological polar surface area (TPSA) is 64.7 Å². The first-order chi connectivity index (χ1) is 11.7. The molecule has 0 atom stereocenters. The number of amides is 3. The normalized spacial score (nSPS) is 18.2. The van der Waals surface area contributed by atoms with E-state index < -0.39 is 0 Å². The average molecular weight is 330 g/mol. The summed E-state index contributed by atoms with van der Waals surface area (Å²) in [7, 11) is 1.96. The Morgan fingerprint density at radius 1 is 1.08 bits per heavy atom. The van der Waals surface area contributed by atoms with Crippen LogP contribution in [0, 0.1) is 0 Å². The molecule has 0 spiro atoms. The monoisotopic (exact) mass is 330 g/mol. The molecule has 3 rings (SSSR count). The molecule has 0 unspecified atom stereocenters. The maximum atomic E-state index is 12.3. The summed E-state index contributed by atoms with van der Waals surface area (Å²) in [5, 5.41) is 6.04. The molecule has 2 N–H and O–H groups in total. The number of fused-ring (bicyclic) bond motifs is 1. The quantitative estimate of drug-likeness (QED) is 0.868. The number of rotatable bonds is 3. The van der Waals surface area contributed by atoms with Gasteiger partial charge in [-0.05, 0) is 37.4 Å². The van der Waals surface area contributed by atoms with Gasteiger partial charge in [0.05, 0.1) is 6.54 Å². The van der Waals surface area contributed by atoms with Gasteiger partial charge in [0.2, 0.25) is 5.91 Å². The van der Waals surface area contributed by atoms with E-state index in [1.54, 1.807) is 4.90 Å². The first-order valence-electron chi connectivity index (χ1n) is 8.72. The third-order valence-corrected chi connectivity index (χ3v) is 5.06. The minimum absolute atomic E-state index is 0.00955. The van der Waals surface area contributed by atoms with Crippen LogP contribution in [0.25, 0.3) is 0 Å². The molecule has 0 aromatic heterocycles. The standard InChI is InChI=1S/C18H26N4O2/c1-19-16-7-10-21(11-8-16)17(23)12-20-18(24)22-9-6-14-4-2-3-5-15(14)13-22/h2-5,16,19H,6-13H2,1H3,(H,20,24). The minimum atomic E-state index is -0.150. The molecule has 1 fully saturated rings. The molecule has 130 valence electrons. The zero-order valence-electron chi connectivity index (χ0n) is 14.3. The van der Waals surface area contributed by atoms with Gasteiger partial charge >= 0.3 is 6.03 Å². The molecule has 2 heterocycles. The molecule has 1 saturated heterocycles. The summed E-state index contributed by atoms with van der Waals surface area (Å²) in [6.45, 7) is 2.92. The van der Waals surface area contributed by atoms with E-state index in [1.807, 2.05) is 24.1 Å². The Morgan fingerprint density at radius 2 is 1.79 bits per heavy atom. The highest BCUT2D eigenvalue weighted by atomic mass is 16.2. The predicted octanol–water partition coefficient (Wildman–Crippen LogP) is 0.965. The number of benzene rings is 1. The SMILES string of the molecule is CNC1CCN(C(=O)CNC(=O)N2CCc3ccccc3C2)CC1. The van der Waals surface area contributed by atoms with Gasteiger partial charge in [0.25, 0.3) is 0 Å². The van der Waals surface area contributed by atoms with Gasteiger partial charge in [-0.3, -0.25) is 4.79 Å². The van der Waals surface area contributed by atoms with Crippen molar-refractivity contribution in [2.24, 2.45) is 0 Å². The van der Waals surface area contributed by atoms with Gasteiger partial charge < -0.3 is 20.4 Å². The Hall–Kier alpha value is -2.08. The van der Waals surface area contributed by atoms with Crippen molar-refractivity contribution < 1.29 is 9.59 Å². The summed E-state index contributed by atoms with van der Waals surface area (Å²) >= 11 is 0. The number of carbonyl (C=O) groups is 2. The van der Waals surface area contributed by atoms with Crippen LogP contribution in [0.15, 0.2) is 24.3 Å². The molecule has 2 aliphatic rings. The van der Waals surface area contributed by atoms with E-state index in [0.29, 0.717) is 19.1 Å². The van der Waals surface area contributed by atoms with E-state index in [2.05, 4.69) is 22.8 Å². The fourth-order valence-electron chi connectivity index (χ4n) is 3.46. The highest BCUT2D eigenvalue weighted by Gasteiger charge is 2.24. The molecule has 3 amide bonds. The Morgan fingerprint density at radius 3 is 2.50 bits per heavy atom. The van der Waals surface area contributed by atoms with Crippen LogP contribution in [0.4, 0.5) is 4.79 Å². The highest BCUT2D eigenvalue weighted by molar-refractivity contribution is 5.84. The van der Waals surface area contributed by atoms with Gasteiger partial charge in [-0.2, -0.15) is 0 Å². The fourth-order valence-corrected chi connectivity index (χ4v) is 3.46. The van der Waals surface area contributed by atoms with Crippen LogP contribution in [0.3, 0.4) is 0 Å². The van der Waals surface area contributed by atoms with Crippen LogP contribution in [-0.4, -0.2) is 61.0 Å². The van der Waals surface area contributed by atoms with Crippen molar-refractivity contribution in [3.05, 3.63) is 35.4 Å². The summed E-state index contributed by atoms with van der Waals surface area (Å²) in [6.07, 6.45) is 2.81. The lowest BCUT2D eigenvalue weighted by Gasteiger charge is -2.32. The number of piperidine rings is 1. The average Bonchev–Trinajstić information content (AvgIpc) is 2.65. The molecule has 24 heavy (non-hydrogen) atoms. The van der Waals surface area contributed by atoms with Crippen molar-refractivity contribution in [3.63, 3.8) is 0 Å². The second kappa shape index (κ2) is 7.66. The number of carbonyl (C=O) groups excluding carboxylic acids is 2. The van der Waals surface area contributed by atoms with Crippen LogP contribution in [0.2, 0.25) is 0 Å². The first kappa shape index (κ1) is 16.8. The van der Waals surface area contributed by atoms with Gasteiger partial charge in [-0.25, -0.2) is 4.79 Å². The van der Waals surface area contributed by atoms with Gasteiger partial charge in [0.15, 0.2) is 0 Å². The summed E-state index contributed by atoms with van der Waals surface area (Å²) < 4.78 is 0. The first-order valence-corrected chi connectivity index (χ1v) is 8.72. The second-order valence-electron chi connectivity index (χ2n) is 6.54. The summed E-state index contributed by atoms with van der Waals surface area (Å²) in [5.74, 6) is 0.00955. The Bertz CT molecular complexity index is 596. The highest BCUT2D eigenvalue weighted by Crippen LogP contribution is 2.18. The largest absolute Gasteiger partial charge is 0.341 e. The predicted molar refractivity (Wildman–Crippen MR) is 92.6 cm³/mol. The molecular weight excluding hydrogens is 304 g/mol. The van der Waals surface area contributed by atoms with E-state index in [4.69, 9.17) is 0 Å². The van der Waals surface area contributed by atoms with Crippen LogP contribution in [-0.2, 0) is 17.8 Å². The molecule has 6 heteroatoms. The zero-order valence-corrected chi connectivity index (χ0v) is 14.3.